The van der Waals surface area contributed by atoms with E-state index in [1.165, 1.54) is 6.20 Å². The van der Waals surface area contributed by atoms with E-state index in [1.54, 1.807) is 6.92 Å². The van der Waals surface area contributed by atoms with Crippen molar-refractivity contribution in [1.29, 1.82) is 0 Å². The van der Waals surface area contributed by atoms with Gasteiger partial charge in [-0.25, -0.2) is 0 Å². The van der Waals surface area contributed by atoms with Crippen LogP contribution in [0.4, 0.5) is 5.69 Å². The van der Waals surface area contributed by atoms with Crippen LogP contribution in [-0.2, 0) is 9.53 Å². The standard InChI is InChI=1S/C10H16N4O3/c1-2-17-8(15)4-3-5-12-10(16)9-7(11)6-13-14-9/h6H,2-5,11H2,1H3,(H,12,16)(H,13,14). The van der Waals surface area contributed by atoms with Gasteiger partial charge in [0, 0.05) is 13.0 Å². The number of hydrogen-bond donors (Lipinski definition) is 3. The van der Waals surface area contributed by atoms with Crippen molar-refractivity contribution in [2.75, 3.05) is 18.9 Å². The lowest BCUT2D eigenvalue weighted by Gasteiger charge is -2.04. The van der Waals surface area contributed by atoms with E-state index in [2.05, 4.69) is 15.5 Å². The quantitative estimate of drug-likeness (QED) is 0.481. The van der Waals surface area contributed by atoms with Gasteiger partial charge in [-0.15, -0.1) is 0 Å². The summed E-state index contributed by atoms with van der Waals surface area (Å²) in [5.41, 5.74) is 6.04. The third-order valence-corrected chi connectivity index (χ3v) is 2.04. The van der Waals surface area contributed by atoms with E-state index >= 15 is 0 Å². The Balaban J connectivity index is 2.21. The van der Waals surface area contributed by atoms with Crippen molar-refractivity contribution in [1.82, 2.24) is 15.5 Å². The molecule has 94 valence electrons. The molecule has 0 aliphatic carbocycles. The molecular weight excluding hydrogens is 224 g/mol. The maximum Gasteiger partial charge on any atom is 0.305 e. The van der Waals surface area contributed by atoms with E-state index in [0.717, 1.165) is 0 Å². The number of rotatable bonds is 6. The molecule has 1 aromatic heterocycles. The van der Waals surface area contributed by atoms with Gasteiger partial charge < -0.3 is 15.8 Å². The molecule has 0 fully saturated rings. The summed E-state index contributed by atoms with van der Waals surface area (Å²) in [6.07, 6.45) is 2.18. The van der Waals surface area contributed by atoms with Crippen LogP contribution in [0.2, 0.25) is 0 Å². The number of ether oxygens (including phenoxy) is 1. The minimum absolute atomic E-state index is 0.237. The Morgan fingerprint density at radius 2 is 2.35 bits per heavy atom. The van der Waals surface area contributed by atoms with Crippen LogP contribution in [0.25, 0.3) is 0 Å². The lowest BCUT2D eigenvalue weighted by Crippen LogP contribution is -2.26. The molecule has 1 amide bonds. The molecule has 0 spiro atoms. The summed E-state index contributed by atoms with van der Waals surface area (Å²) in [6.45, 7) is 2.51. The van der Waals surface area contributed by atoms with Gasteiger partial charge in [0.25, 0.3) is 5.91 Å². The number of hydrogen-bond acceptors (Lipinski definition) is 5. The van der Waals surface area contributed by atoms with Crippen molar-refractivity contribution in [3.63, 3.8) is 0 Å². The van der Waals surface area contributed by atoms with Gasteiger partial charge in [-0.2, -0.15) is 5.10 Å². The fraction of sp³-hybridized carbons (Fsp3) is 0.500. The third-order valence-electron chi connectivity index (χ3n) is 2.04. The highest BCUT2D eigenvalue weighted by Crippen LogP contribution is 2.05. The van der Waals surface area contributed by atoms with Gasteiger partial charge in [0.05, 0.1) is 18.5 Å². The number of amides is 1. The van der Waals surface area contributed by atoms with Crippen molar-refractivity contribution in [3.05, 3.63) is 11.9 Å². The van der Waals surface area contributed by atoms with Crippen LogP contribution < -0.4 is 11.1 Å². The zero-order valence-electron chi connectivity index (χ0n) is 9.66. The monoisotopic (exact) mass is 240 g/mol. The van der Waals surface area contributed by atoms with Gasteiger partial charge >= 0.3 is 5.97 Å². The number of esters is 1. The summed E-state index contributed by atoms with van der Waals surface area (Å²) < 4.78 is 4.75. The molecule has 0 unspecified atom stereocenters. The van der Waals surface area contributed by atoms with Gasteiger partial charge in [0.2, 0.25) is 0 Å². The van der Waals surface area contributed by atoms with Crippen molar-refractivity contribution < 1.29 is 14.3 Å². The van der Waals surface area contributed by atoms with Crippen LogP contribution in [-0.4, -0.2) is 35.2 Å². The average Bonchev–Trinajstić information content (AvgIpc) is 2.71. The molecule has 0 saturated carbocycles. The highest BCUT2D eigenvalue weighted by molar-refractivity contribution is 5.96. The molecular formula is C10H16N4O3. The molecule has 0 aliphatic heterocycles. The van der Waals surface area contributed by atoms with E-state index in [0.29, 0.717) is 25.3 Å². The summed E-state index contributed by atoms with van der Waals surface area (Å²) >= 11 is 0. The zero-order valence-corrected chi connectivity index (χ0v) is 9.66. The van der Waals surface area contributed by atoms with E-state index in [1.807, 2.05) is 0 Å². The number of nitrogens with one attached hydrogen (secondary N) is 2. The zero-order chi connectivity index (χ0) is 12.7. The summed E-state index contributed by atoms with van der Waals surface area (Å²) in [4.78, 5) is 22.5. The smallest absolute Gasteiger partial charge is 0.305 e. The molecule has 1 aromatic rings. The maximum atomic E-state index is 11.5. The third kappa shape index (κ3) is 4.13. The second kappa shape index (κ2) is 6.51. The first kappa shape index (κ1) is 13.0. The average molecular weight is 240 g/mol. The molecule has 7 heteroatoms. The molecule has 1 rings (SSSR count). The molecule has 0 aromatic carbocycles. The van der Waals surface area contributed by atoms with E-state index in [9.17, 15) is 9.59 Å². The SMILES string of the molecule is CCOC(=O)CCCNC(=O)c1[nH]ncc1N. The van der Waals surface area contributed by atoms with Crippen LogP contribution in [0.3, 0.4) is 0 Å². The lowest BCUT2D eigenvalue weighted by atomic mass is 10.3. The predicted molar refractivity (Wildman–Crippen MR) is 61.2 cm³/mol. The number of nitrogens with zero attached hydrogens (tertiary/aromatic N) is 1. The lowest BCUT2D eigenvalue weighted by molar-refractivity contribution is -0.143. The van der Waals surface area contributed by atoms with Gasteiger partial charge in [-0.05, 0) is 13.3 Å². The molecule has 4 N–H and O–H groups in total. The first-order valence-corrected chi connectivity index (χ1v) is 5.37. The van der Waals surface area contributed by atoms with Gasteiger partial charge in [0.15, 0.2) is 0 Å². The molecule has 1 heterocycles. The first-order valence-electron chi connectivity index (χ1n) is 5.37. The Labute approximate surface area is 98.7 Å². The van der Waals surface area contributed by atoms with Gasteiger partial charge in [0.1, 0.15) is 5.69 Å². The molecule has 17 heavy (non-hydrogen) atoms. The highest BCUT2D eigenvalue weighted by Gasteiger charge is 2.10. The Bertz CT molecular complexity index is 389. The molecule has 0 bridgehead atoms. The topological polar surface area (TPSA) is 110 Å². The number of aromatic amines is 1. The Hall–Kier alpha value is -2.05. The predicted octanol–water partition coefficient (Wildman–Crippen LogP) is 0.0650. The summed E-state index contributed by atoms with van der Waals surface area (Å²) in [5, 5.41) is 8.76. The maximum absolute atomic E-state index is 11.5. The van der Waals surface area contributed by atoms with E-state index < -0.39 is 0 Å². The summed E-state index contributed by atoms with van der Waals surface area (Å²) in [7, 11) is 0. The van der Waals surface area contributed by atoms with E-state index in [4.69, 9.17) is 10.5 Å². The van der Waals surface area contributed by atoms with Crippen molar-refractivity contribution >= 4 is 17.6 Å². The van der Waals surface area contributed by atoms with E-state index in [-0.39, 0.29) is 24.0 Å². The van der Waals surface area contributed by atoms with Crippen LogP contribution in [0.5, 0.6) is 0 Å². The Morgan fingerprint density at radius 3 is 2.94 bits per heavy atom. The summed E-state index contributed by atoms with van der Waals surface area (Å²) in [5.74, 6) is -0.591. The molecule has 7 nitrogen and oxygen atoms in total. The number of nitrogens with two attached hydrogens (primary N) is 1. The fourth-order valence-corrected chi connectivity index (χ4v) is 1.23. The number of carbonyl (C=O) groups is 2. The van der Waals surface area contributed by atoms with Crippen molar-refractivity contribution in [2.45, 2.75) is 19.8 Å². The minimum Gasteiger partial charge on any atom is -0.466 e. The Morgan fingerprint density at radius 1 is 1.59 bits per heavy atom. The second-order valence-corrected chi connectivity index (χ2v) is 3.36. The number of H-pyrrole nitrogens is 1. The molecule has 0 radical (unpaired) electrons. The molecule has 0 atom stereocenters. The second-order valence-electron chi connectivity index (χ2n) is 3.36. The largest absolute Gasteiger partial charge is 0.466 e. The number of nitrogen functional groups attached to an aromatic ring is 1. The van der Waals surface area contributed by atoms with Crippen LogP contribution in [0.1, 0.15) is 30.3 Å². The van der Waals surface area contributed by atoms with Crippen LogP contribution >= 0.6 is 0 Å². The fourth-order valence-electron chi connectivity index (χ4n) is 1.23. The van der Waals surface area contributed by atoms with Crippen molar-refractivity contribution in [2.24, 2.45) is 0 Å². The highest BCUT2D eigenvalue weighted by atomic mass is 16.5. The molecule has 0 saturated heterocycles. The normalized spacial score (nSPS) is 9.94. The number of anilines is 1. The minimum atomic E-state index is -0.330. The Kier molecular flexibility index (Phi) is 4.99. The molecule has 0 aliphatic rings. The van der Waals surface area contributed by atoms with Gasteiger partial charge in [-0.3, -0.25) is 14.7 Å². The van der Waals surface area contributed by atoms with Crippen molar-refractivity contribution in [3.8, 4) is 0 Å². The van der Waals surface area contributed by atoms with Crippen LogP contribution in [0, 0.1) is 0 Å². The van der Waals surface area contributed by atoms with Crippen LogP contribution in [0.15, 0.2) is 6.20 Å². The summed E-state index contributed by atoms with van der Waals surface area (Å²) in [6, 6.07) is 0. The van der Waals surface area contributed by atoms with Gasteiger partial charge in [-0.1, -0.05) is 0 Å². The number of carbonyl (C=O) groups excluding carboxylic acids is 2. The first-order chi connectivity index (χ1) is 8.15. The number of aromatic nitrogens is 2.